The standard InChI is InChI=1S/C26H29N5O8/c1-2-39-26(33)20-5-7-22(24(18-20)31(36)37)27-9-11-29(12-10-27)25(32)8-4-19-3-6-21(23(17-19)30(34)35)28-13-15-38-16-14-28/h3-8,17-18H,2,9-16H2,1H3/b8-4+. The minimum absolute atomic E-state index is 0.0318. The van der Waals surface area contributed by atoms with Crippen LogP contribution in [-0.4, -0.2) is 85.7 Å². The van der Waals surface area contributed by atoms with E-state index in [1.807, 2.05) is 4.90 Å². The van der Waals surface area contributed by atoms with E-state index in [0.29, 0.717) is 69.4 Å². The van der Waals surface area contributed by atoms with Crippen LogP contribution >= 0.6 is 0 Å². The van der Waals surface area contributed by atoms with Gasteiger partial charge in [-0.3, -0.25) is 25.0 Å². The number of piperazine rings is 1. The summed E-state index contributed by atoms with van der Waals surface area (Å²) in [6.45, 7) is 5.35. The van der Waals surface area contributed by atoms with Gasteiger partial charge in [0.2, 0.25) is 5.91 Å². The van der Waals surface area contributed by atoms with Crippen molar-refractivity contribution in [3.05, 3.63) is 73.8 Å². The van der Waals surface area contributed by atoms with Crippen molar-refractivity contribution in [1.29, 1.82) is 0 Å². The van der Waals surface area contributed by atoms with Gasteiger partial charge < -0.3 is 24.2 Å². The molecule has 0 unspecified atom stereocenters. The average Bonchev–Trinajstić information content (AvgIpc) is 2.96. The number of nitro groups is 2. The molecule has 0 aliphatic carbocycles. The van der Waals surface area contributed by atoms with Crippen LogP contribution in [0.25, 0.3) is 6.08 Å². The largest absolute Gasteiger partial charge is 0.462 e. The third-order valence-electron chi connectivity index (χ3n) is 6.58. The summed E-state index contributed by atoms with van der Waals surface area (Å²) in [7, 11) is 0. The first-order valence-corrected chi connectivity index (χ1v) is 12.6. The predicted molar refractivity (Wildman–Crippen MR) is 143 cm³/mol. The molecule has 0 bridgehead atoms. The summed E-state index contributed by atoms with van der Waals surface area (Å²) in [5.74, 6) is -0.892. The fourth-order valence-corrected chi connectivity index (χ4v) is 4.58. The van der Waals surface area contributed by atoms with E-state index in [9.17, 15) is 29.8 Å². The van der Waals surface area contributed by atoms with Crippen molar-refractivity contribution in [3.63, 3.8) is 0 Å². The first kappa shape index (κ1) is 27.5. The van der Waals surface area contributed by atoms with Crippen molar-refractivity contribution in [2.45, 2.75) is 6.92 Å². The summed E-state index contributed by atoms with van der Waals surface area (Å²) in [6.07, 6.45) is 2.92. The fourth-order valence-electron chi connectivity index (χ4n) is 4.58. The molecule has 0 spiro atoms. The molecule has 2 saturated heterocycles. The molecule has 1 amide bonds. The van der Waals surface area contributed by atoms with E-state index in [1.54, 1.807) is 34.9 Å². The van der Waals surface area contributed by atoms with Gasteiger partial charge in [-0.1, -0.05) is 6.07 Å². The lowest BCUT2D eigenvalue weighted by molar-refractivity contribution is -0.384. The Hall–Kier alpha value is -4.52. The molecule has 2 heterocycles. The van der Waals surface area contributed by atoms with Gasteiger partial charge in [0.1, 0.15) is 11.4 Å². The Balaban J connectivity index is 1.40. The molecule has 39 heavy (non-hydrogen) atoms. The van der Waals surface area contributed by atoms with Crippen LogP contribution in [0.1, 0.15) is 22.8 Å². The van der Waals surface area contributed by atoms with Gasteiger partial charge in [0.05, 0.1) is 35.2 Å². The molecular weight excluding hydrogens is 510 g/mol. The summed E-state index contributed by atoms with van der Waals surface area (Å²) in [5.41, 5.74) is 1.28. The Labute approximate surface area is 224 Å². The molecule has 0 saturated carbocycles. The van der Waals surface area contributed by atoms with Crippen LogP contribution in [-0.2, 0) is 14.3 Å². The predicted octanol–water partition coefficient (Wildman–Crippen LogP) is 2.88. The van der Waals surface area contributed by atoms with Gasteiger partial charge in [0.15, 0.2) is 0 Å². The van der Waals surface area contributed by atoms with Crippen LogP contribution in [0, 0.1) is 20.2 Å². The Morgan fingerprint density at radius 1 is 0.897 bits per heavy atom. The van der Waals surface area contributed by atoms with Gasteiger partial charge >= 0.3 is 5.97 Å². The molecule has 2 aromatic rings. The first-order chi connectivity index (χ1) is 18.8. The molecule has 2 aliphatic heterocycles. The number of benzene rings is 2. The summed E-state index contributed by atoms with van der Waals surface area (Å²) in [4.78, 5) is 52.5. The van der Waals surface area contributed by atoms with Crippen LogP contribution in [0.5, 0.6) is 0 Å². The molecule has 0 atom stereocenters. The molecule has 2 fully saturated rings. The van der Waals surface area contributed by atoms with Crippen molar-refractivity contribution in [1.82, 2.24) is 4.90 Å². The van der Waals surface area contributed by atoms with Gasteiger partial charge in [0, 0.05) is 57.5 Å². The number of hydrogen-bond donors (Lipinski definition) is 0. The normalized spacial score (nSPS) is 15.9. The van der Waals surface area contributed by atoms with E-state index in [4.69, 9.17) is 9.47 Å². The molecule has 13 nitrogen and oxygen atoms in total. The maximum Gasteiger partial charge on any atom is 0.338 e. The monoisotopic (exact) mass is 539 g/mol. The van der Waals surface area contributed by atoms with E-state index in [1.165, 1.54) is 30.3 Å². The summed E-state index contributed by atoms with van der Waals surface area (Å²) < 4.78 is 10.3. The Kier molecular flexibility index (Phi) is 8.71. The van der Waals surface area contributed by atoms with Gasteiger partial charge in [-0.2, -0.15) is 0 Å². The zero-order chi connectivity index (χ0) is 27.9. The molecule has 13 heteroatoms. The molecular formula is C26H29N5O8. The number of nitrogens with zero attached hydrogens (tertiary/aromatic N) is 5. The lowest BCUT2D eigenvalue weighted by Crippen LogP contribution is -2.48. The minimum Gasteiger partial charge on any atom is -0.462 e. The second-order valence-corrected chi connectivity index (χ2v) is 8.93. The average molecular weight is 540 g/mol. The highest BCUT2D eigenvalue weighted by Crippen LogP contribution is 2.32. The number of morpholine rings is 1. The molecule has 2 aromatic carbocycles. The summed E-state index contributed by atoms with van der Waals surface area (Å²) in [5, 5.41) is 23.3. The van der Waals surface area contributed by atoms with E-state index in [-0.39, 0.29) is 29.5 Å². The number of nitro benzene ring substituents is 2. The number of anilines is 2. The van der Waals surface area contributed by atoms with Gasteiger partial charge in [-0.25, -0.2) is 4.79 Å². The topological polar surface area (TPSA) is 149 Å². The van der Waals surface area contributed by atoms with Crippen LogP contribution in [0.3, 0.4) is 0 Å². The van der Waals surface area contributed by atoms with E-state index in [2.05, 4.69) is 0 Å². The number of ether oxygens (including phenoxy) is 2. The van der Waals surface area contributed by atoms with Crippen molar-refractivity contribution < 1.29 is 28.9 Å². The number of carbonyl (C=O) groups is 2. The second kappa shape index (κ2) is 12.3. The fraction of sp³-hybridized carbons (Fsp3) is 0.385. The van der Waals surface area contributed by atoms with E-state index in [0.717, 1.165) is 0 Å². The zero-order valence-corrected chi connectivity index (χ0v) is 21.5. The number of carbonyl (C=O) groups excluding carboxylic acids is 2. The number of hydrogen-bond acceptors (Lipinski definition) is 10. The highest BCUT2D eigenvalue weighted by atomic mass is 16.6. The van der Waals surface area contributed by atoms with Crippen molar-refractivity contribution in [2.24, 2.45) is 0 Å². The van der Waals surface area contributed by atoms with Gasteiger partial charge in [-0.15, -0.1) is 0 Å². The highest BCUT2D eigenvalue weighted by Gasteiger charge is 2.27. The SMILES string of the molecule is CCOC(=O)c1ccc(N2CCN(C(=O)/C=C/c3ccc(N4CCOCC4)c([N+](=O)[O-])c3)CC2)c([N+](=O)[O-])c1. The molecule has 0 N–H and O–H groups in total. The lowest BCUT2D eigenvalue weighted by atomic mass is 10.1. The smallest absolute Gasteiger partial charge is 0.338 e. The highest BCUT2D eigenvalue weighted by molar-refractivity contribution is 5.93. The van der Waals surface area contributed by atoms with Crippen LogP contribution < -0.4 is 9.80 Å². The van der Waals surface area contributed by atoms with Crippen molar-refractivity contribution in [3.8, 4) is 0 Å². The molecule has 4 rings (SSSR count). The Bertz CT molecular complexity index is 1280. The second-order valence-electron chi connectivity index (χ2n) is 8.93. The van der Waals surface area contributed by atoms with Crippen LogP contribution in [0.2, 0.25) is 0 Å². The molecule has 206 valence electrons. The number of esters is 1. The summed E-state index contributed by atoms with van der Waals surface area (Å²) in [6, 6.07) is 9.09. The maximum absolute atomic E-state index is 12.8. The maximum atomic E-state index is 12.8. The molecule has 0 aromatic heterocycles. The minimum atomic E-state index is -0.629. The quantitative estimate of drug-likeness (QED) is 0.212. The lowest BCUT2D eigenvalue weighted by Gasteiger charge is -2.35. The van der Waals surface area contributed by atoms with Crippen LogP contribution in [0.4, 0.5) is 22.7 Å². The number of amides is 1. The van der Waals surface area contributed by atoms with E-state index >= 15 is 0 Å². The Morgan fingerprint density at radius 2 is 1.49 bits per heavy atom. The number of rotatable bonds is 8. The molecule has 0 radical (unpaired) electrons. The third-order valence-corrected chi connectivity index (χ3v) is 6.58. The van der Waals surface area contributed by atoms with Crippen molar-refractivity contribution >= 4 is 40.7 Å². The molecule has 2 aliphatic rings. The first-order valence-electron chi connectivity index (χ1n) is 12.6. The summed E-state index contributed by atoms with van der Waals surface area (Å²) >= 11 is 0. The zero-order valence-electron chi connectivity index (χ0n) is 21.5. The van der Waals surface area contributed by atoms with Gasteiger partial charge in [-0.05, 0) is 36.8 Å². The van der Waals surface area contributed by atoms with Crippen molar-refractivity contribution in [2.75, 3.05) is 68.9 Å². The van der Waals surface area contributed by atoms with Crippen LogP contribution in [0.15, 0.2) is 42.5 Å². The van der Waals surface area contributed by atoms with Gasteiger partial charge in [0.25, 0.3) is 11.4 Å². The van der Waals surface area contributed by atoms with E-state index < -0.39 is 15.8 Å². The Morgan fingerprint density at radius 3 is 2.10 bits per heavy atom. The third kappa shape index (κ3) is 6.49.